The lowest BCUT2D eigenvalue weighted by Gasteiger charge is -2.20. The summed E-state index contributed by atoms with van der Waals surface area (Å²) in [6.07, 6.45) is -4.57. The van der Waals surface area contributed by atoms with E-state index in [9.17, 15) is 26.4 Å². The molecule has 1 amide bonds. The van der Waals surface area contributed by atoms with E-state index in [-0.39, 0.29) is 11.2 Å². The van der Waals surface area contributed by atoms with Gasteiger partial charge in [0.2, 0.25) is 0 Å². The SMILES string of the molecule is CCN(CC(F)(F)F)C(=O)c1cc(S(=O)(=O)Cl)c(Br)o1. The maximum absolute atomic E-state index is 12.3. The number of carbonyl (C=O) groups is 1. The largest absolute Gasteiger partial charge is 0.443 e. The van der Waals surface area contributed by atoms with Gasteiger partial charge in [0.15, 0.2) is 10.4 Å². The molecule has 0 aliphatic rings. The number of furan rings is 1. The summed E-state index contributed by atoms with van der Waals surface area (Å²) >= 11 is 2.73. The molecule has 1 rings (SSSR count). The summed E-state index contributed by atoms with van der Waals surface area (Å²) in [6, 6.07) is 0.772. The highest BCUT2D eigenvalue weighted by atomic mass is 79.9. The van der Waals surface area contributed by atoms with Crippen LogP contribution < -0.4 is 0 Å². The van der Waals surface area contributed by atoms with Crippen molar-refractivity contribution in [2.24, 2.45) is 0 Å². The summed E-state index contributed by atoms with van der Waals surface area (Å²) in [5.41, 5.74) is 0. The van der Waals surface area contributed by atoms with Crippen LogP contribution in [0.3, 0.4) is 0 Å². The number of nitrogens with zero attached hydrogens (tertiary/aromatic N) is 1. The molecule has 0 saturated heterocycles. The molecule has 1 aromatic rings. The molecule has 0 unspecified atom stereocenters. The number of hydrogen-bond donors (Lipinski definition) is 0. The summed E-state index contributed by atoms with van der Waals surface area (Å²) in [6.45, 7) is -0.343. The zero-order valence-electron chi connectivity index (χ0n) is 9.87. The van der Waals surface area contributed by atoms with Crippen LogP contribution in [0.4, 0.5) is 13.2 Å². The quantitative estimate of drug-likeness (QED) is 0.731. The number of amides is 1. The Kier molecular flexibility index (Phi) is 5.14. The summed E-state index contributed by atoms with van der Waals surface area (Å²) in [5, 5.41) is 0. The third-order valence-corrected chi connectivity index (χ3v) is 4.35. The Morgan fingerprint density at radius 1 is 1.50 bits per heavy atom. The van der Waals surface area contributed by atoms with Gasteiger partial charge in [-0.1, -0.05) is 0 Å². The molecule has 0 aliphatic carbocycles. The van der Waals surface area contributed by atoms with Crippen LogP contribution in [-0.2, 0) is 9.05 Å². The minimum Gasteiger partial charge on any atom is -0.443 e. The van der Waals surface area contributed by atoms with Gasteiger partial charge in [-0.05, 0) is 22.9 Å². The van der Waals surface area contributed by atoms with E-state index in [2.05, 4.69) is 15.9 Å². The first-order valence-electron chi connectivity index (χ1n) is 5.05. The van der Waals surface area contributed by atoms with Gasteiger partial charge in [-0.15, -0.1) is 0 Å². The third kappa shape index (κ3) is 4.38. The minimum atomic E-state index is -4.57. The Hall–Kier alpha value is -0.740. The minimum absolute atomic E-state index is 0.223. The number of halogens is 5. The molecule has 0 aliphatic heterocycles. The first-order chi connectivity index (χ1) is 8.95. The monoisotopic (exact) mass is 397 g/mol. The van der Waals surface area contributed by atoms with Gasteiger partial charge in [-0.2, -0.15) is 13.2 Å². The Balaban J connectivity index is 3.09. The van der Waals surface area contributed by atoms with Gasteiger partial charge in [-0.3, -0.25) is 4.79 Å². The molecule has 0 radical (unpaired) electrons. The molecule has 0 fully saturated rings. The summed E-state index contributed by atoms with van der Waals surface area (Å²) in [7, 11) is 0.904. The van der Waals surface area contributed by atoms with Crippen LogP contribution in [0.5, 0.6) is 0 Å². The van der Waals surface area contributed by atoms with E-state index in [0.29, 0.717) is 4.90 Å². The van der Waals surface area contributed by atoms with Crippen LogP contribution in [0.25, 0.3) is 0 Å². The predicted molar refractivity (Wildman–Crippen MR) is 67.1 cm³/mol. The van der Waals surface area contributed by atoms with Crippen molar-refractivity contribution in [3.63, 3.8) is 0 Å². The zero-order valence-corrected chi connectivity index (χ0v) is 13.0. The number of alkyl halides is 3. The maximum atomic E-state index is 12.3. The van der Waals surface area contributed by atoms with E-state index in [4.69, 9.17) is 15.1 Å². The zero-order chi connectivity index (χ0) is 15.7. The number of carbonyl (C=O) groups excluding carboxylic acids is 1. The van der Waals surface area contributed by atoms with E-state index >= 15 is 0 Å². The van der Waals surface area contributed by atoms with Gasteiger partial charge < -0.3 is 9.32 Å². The van der Waals surface area contributed by atoms with Gasteiger partial charge >= 0.3 is 6.18 Å². The van der Waals surface area contributed by atoms with Crippen LogP contribution >= 0.6 is 26.6 Å². The lowest BCUT2D eigenvalue weighted by Crippen LogP contribution is -2.38. The second kappa shape index (κ2) is 5.94. The number of hydrogen-bond acceptors (Lipinski definition) is 4. The maximum Gasteiger partial charge on any atom is 0.406 e. The van der Waals surface area contributed by atoms with Crippen LogP contribution in [0.1, 0.15) is 17.5 Å². The first-order valence-corrected chi connectivity index (χ1v) is 8.16. The molecule has 1 aromatic heterocycles. The van der Waals surface area contributed by atoms with Gasteiger partial charge in [-0.25, -0.2) is 8.42 Å². The summed E-state index contributed by atoms with van der Waals surface area (Å²) in [4.78, 5) is 11.8. The molecule has 11 heteroatoms. The third-order valence-electron chi connectivity index (χ3n) is 2.17. The summed E-state index contributed by atoms with van der Waals surface area (Å²) in [5.74, 6) is -1.64. The lowest BCUT2D eigenvalue weighted by atomic mass is 10.3. The Labute approximate surface area is 125 Å². The smallest absolute Gasteiger partial charge is 0.406 e. The molecule has 20 heavy (non-hydrogen) atoms. The van der Waals surface area contributed by atoms with Crippen molar-refractivity contribution < 1.29 is 30.8 Å². The molecule has 5 nitrogen and oxygen atoms in total. The van der Waals surface area contributed by atoms with E-state index < -0.39 is 38.3 Å². The topological polar surface area (TPSA) is 67.6 Å². The van der Waals surface area contributed by atoms with Crippen LogP contribution in [-0.4, -0.2) is 38.5 Å². The van der Waals surface area contributed by atoms with Crippen molar-refractivity contribution in [2.45, 2.75) is 18.0 Å². The molecule has 0 N–H and O–H groups in total. The lowest BCUT2D eigenvalue weighted by molar-refractivity contribution is -0.140. The first kappa shape index (κ1) is 17.3. The van der Waals surface area contributed by atoms with Gasteiger partial charge in [0.05, 0.1) is 0 Å². The van der Waals surface area contributed by atoms with Crippen molar-refractivity contribution in [3.8, 4) is 0 Å². The molecule has 1 heterocycles. The highest BCUT2D eigenvalue weighted by Gasteiger charge is 2.34. The van der Waals surface area contributed by atoms with Crippen LogP contribution in [0, 0.1) is 0 Å². The van der Waals surface area contributed by atoms with Crippen molar-refractivity contribution in [3.05, 3.63) is 16.5 Å². The van der Waals surface area contributed by atoms with E-state index in [1.807, 2.05) is 0 Å². The Morgan fingerprint density at radius 3 is 2.40 bits per heavy atom. The predicted octanol–water partition coefficient (Wildman–Crippen LogP) is 2.99. The highest BCUT2D eigenvalue weighted by molar-refractivity contribution is 9.10. The molecule has 0 bridgehead atoms. The van der Waals surface area contributed by atoms with Gasteiger partial charge in [0.1, 0.15) is 11.4 Å². The van der Waals surface area contributed by atoms with E-state index in [1.165, 1.54) is 6.92 Å². The summed E-state index contributed by atoms with van der Waals surface area (Å²) < 4.78 is 63.6. The Bertz CT molecular complexity index is 613. The standard InChI is InChI=1S/C9H8BrClF3NO4S/c1-2-15(4-9(12,13)14)8(16)5-3-6(7(10)19-5)20(11,17)18/h3H,2,4H2,1H3. The molecular weight excluding hydrogens is 391 g/mol. The number of rotatable bonds is 4. The fourth-order valence-electron chi connectivity index (χ4n) is 1.32. The van der Waals surface area contributed by atoms with Crippen molar-refractivity contribution in [1.82, 2.24) is 4.90 Å². The fraction of sp³-hybridized carbons (Fsp3) is 0.444. The second-order valence-corrected chi connectivity index (χ2v) is 6.88. The van der Waals surface area contributed by atoms with Crippen molar-refractivity contribution in [1.29, 1.82) is 0 Å². The van der Waals surface area contributed by atoms with Crippen molar-refractivity contribution in [2.75, 3.05) is 13.1 Å². The molecule has 0 aromatic carbocycles. The molecule has 0 saturated carbocycles. The molecule has 114 valence electrons. The van der Waals surface area contributed by atoms with Gasteiger partial charge in [0.25, 0.3) is 15.0 Å². The molecule has 0 spiro atoms. The fourth-order valence-corrected chi connectivity index (χ4v) is 3.36. The molecular formula is C9H8BrClF3NO4S. The van der Waals surface area contributed by atoms with Crippen molar-refractivity contribution >= 4 is 41.6 Å². The normalized spacial score (nSPS) is 12.5. The van der Waals surface area contributed by atoms with E-state index in [0.717, 1.165) is 6.07 Å². The van der Waals surface area contributed by atoms with E-state index in [1.54, 1.807) is 0 Å². The van der Waals surface area contributed by atoms with Crippen LogP contribution in [0.15, 0.2) is 20.0 Å². The average Bonchev–Trinajstić information content (AvgIpc) is 2.65. The average molecular weight is 399 g/mol. The highest BCUT2D eigenvalue weighted by Crippen LogP contribution is 2.29. The van der Waals surface area contributed by atoms with Crippen LogP contribution in [0.2, 0.25) is 0 Å². The second-order valence-electron chi connectivity index (χ2n) is 3.62. The molecule has 0 atom stereocenters. The van der Waals surface area contributed by atoms with Gasteiger partial charge in [0, 0.05) is 23.3 Å². The Morgan fingerprint density at radius 2 is 2.05 bits per heavy atom.